The number of anilines is 2. The molecule has 0 aromatic heterocycles. The Morgan fingerprint density at radius 3 is 2.32 bits per heavy atom. The molecule has 2 nitrogen and oxygen atoms in total. The minimum Gasteiger partial charge on any atom is -0.332 e. The van der Waals surface area contributed by atoms with Crippen LogP contribution >= 0.6 is 28.1 Å². The van der Waals surface area contributed by atoms with Crippen molar-refractivity contribution in [2.24, 2.45) is 0 Å². The smallest absolute Gasteiger partial charge is 0.175 e. The molecular weight excluding hydrogens is 320 g/mol. The third-order valence-electron chi connectivity index (χ3n) is 2.69. The molecule has 0 bridgehead atoms. The lowest BCUT2D eigenvalue weighted by molar-refractivity contribution is 1.42. The quantitative estimate of drug-likeness (QED) is 0.765. The van der Waals surface area contributed by atoms with Crippen molar-refractivity contribution in [1.29, 1.82) is 0 Å². The summed E-state index contributed by atoms with van der Waals surface area (Å²) in [5.41, 5.74) is 4.34. The molecule has 0 aliphatic heterocycles. The summed E-state index contributed by atoms with van der Waals surface area (Å²) in [6.45, 7) is 4.10. The Balaban J connectivity index is 2.03. The molecule has 19 heavy (non-hydrogen) atoms. The van der Waals surface area contributed by atoms with Gasteiger partial charge in [0, 0.05) is 15.8 Å². The third-order valence-corrected chi connectivity index (χ3v) is 3.79. The molecule has 0 aliphatic rings. The Hall–Kier alpha value is -1.39. The zero-order chi connectivity index (χ0) is 13.8. The summed E-state index contributed by atoms with van der Waals surface area (Å²) in [7, 11) is 0. The van der Waals surface area contributed by atoms with Crippen LogP contribution in [0.4, 0.5) is 11.4 Å². The number of benzene rings is 2. The maximum atomic E-state index is 5.30. The molecule has 2 N–H and O–H groups in total. The summed E-state index contributed by atoms with van der Waals surface area (Å²) in [6, 6.07) is 14.2. The van der Waals surface area contributed by atoms with Gasteiger partial charge < -0.3 is 10.6 Å². The predicted molar refractivity (Wildman–Crippen MR) is 89.9 cm³/mol. The van der Waals surface area contributed by atoms with Crippen LogP contribution in [0.5, 0.6) is 0 Å². The summed E-state index contributed by atoms with van der Waals surface area (Å²) < 4.78 is 1.09. The Bertz CT molecular complexity index is 611. The second-order valence-electron chi connectivity index (χ2n) is 4.41. The molecule has 4 heteroatoms. The molecular formula is C15H15BrN2S. The zero-order valence-corrected chi connectivity index (χ0v) is 13.2. The largest absolute Gasteiger partial charge is 0.332 e. The van der Waals surface area contributed by atoms with Gasteiger partial charge in [-0.05, 0) is 67.5 Å². The van der Waals surface area contributed by atoms with Gasteiger partial charge in [0.25, 0.3) is 0 Å². The fourth-order valence-electron chi connectivity index (χ4n) is 1.74. The van der Waals surface area contributed by atoms with Crippen molar-refractivity contribution in [2.45, 2.75) is 13.8 Å². The Morgan fingerprint density at radius 1 is 1.00 bits per heavy atom. The number of hydrogen-bond acceptors (Lipinski definition) is 1. The Morgan fingerprint density at radius 2 is 1.68 bits per heavy atom. The standard InChI is InChI=1S/C15H15BrN2S/c1-10-4-3-5-12(8-10)17-15(19)18-13-6-7-14(16)11(2)9-13/h3-9H,1-2H3,(H2,17,18,19). The molecule has 98 valence electrons. The number of nitrogens with one attached hydrogen (secondary N) is 2. The van der Waals surface area contributed by atoms with E-state index in [0.29, 0.717) is 5.11 Å². The van der Waals surface area contributed by atoms with E-state index in [4.69, 9.17) is 12.2 Å². The van der Waals surface area contributed by atoms with Crippen molar-refractivity contribution in [2.75, 3.05) is 10.6 Å². The first-order chi connectivity index (χ1) is 9.04. The molecule has 0 atom stereocenters. The molecule has 0 amide bonds. The monoisotopic (exact) mass is 334 g/mol. The van der Waals surface area contributed by atoms with Crippen LogP contribution in [0, 0.1) is 13.8 Å². The Kier molecular flexibility index (Phi) is 4.56. The number of rotatable bonds is 2. The van der Waals surface area contributed by atoms with Gasteiger partial charge in [0.15, 0.2) is 5.11 Å². The number of hydrogen-bond donors (Lipinski definition) is 2. The molecule has 0 radical (unpaired) electrons. The van der Waals surface area contributed by atoms with Gasteiger partial charge in [0.2, 0.25) is 0 Å². The topological polar surface area (TPSA) is 24.1 Å². The van der Waals surface area contributed by atoms with Crippen molar-refractivity contribution >= 4 is 44.6 Å². The van der Waals surface area contributed by atoms with Gasteiger partial charge in [-0.3, -0.25) is 0 Å². The highest BCUT2D eigenvalue weighted by Gasteiger charge is 2.01. The lowest BCUT2D eigenvalue weighted by atomic mass is 10.2. The lowest BCUT2D eigenvalue weighted by Crippen LogP contribution is -2.19. The van der Waals surface area contributed by atoms with E-state index >= 15 is 0 Å². The van der Waals surface area contributed by atoms with E-state index in [1.165, 1.54) is 11.1 Å². The highest BCUT2D eigenvalue weighted by molar-refractivity contribution is 9.10. The molecule has 0 aliphatic carbocycles. The maximum absolute atomic E-state index is 5.30. The molecule has 2 rings (SSSR count). The van der Waals surface area contributed by atoms with Crippen LogP contribution in [0.25, 0.3) is 0 Å². The molecule has 0 saturated carbocycles. The van der Waals surface area contributed by atoms with E-state index in [0.717, 1.165) is 15.8 Å². The van der Waals surface area contributed by atoms with E-state index in [9.17, 15) is 0 Å². The first-order valence-electron chi connectivity index (χ1n) is 5.95. The van der Waals surface area contributed by atoms with Crippen molar-refractivity contribution in [3.8, 4) is 0 Å². The second kappa shape index (κ2) is 6.17. The average molecular weight is 335 g/mol. The third kappa shape index (κ3) is 4.04. The minimum atomic E-state index is 0.590. The summed E-state index contributed by atoms with van der Waals surface area (Å²) in [4.78, 5) is 0. The zero-order valence-electron chi connectivity index (χ0n) is 10.8. The van der Waals surface area contributed by atoms with Crippen LogP contribution in [0.3, 0.4) is 0 Å². The summed E-state index contributed by atoms with van der Waals surface area (Å²) in [5.74, 6) is 0. The van der Waals surface area contributed by atoms with Crippen LogP contribution in [-0.4, -0.2) is 5.11 Å². The van der Waals surface area contributed by atoms with Crippen LogP contribution in [-0.2, 0) is 0 Å². The van der Waals surface area contributed by atoms with Crippen LogP contribution in [0.1, 0.15) is 11.1 Å². The van der Waals surface area contributed by atoms with Gasteiger partial charge in [-0.2, -0.15) is 0 Å². The first kappa shape index (κ1) is 14.0. The van der Waals surface area contributed by atoms with E-state index < -0.39 is 0 Å². The molecule has 0 fully saturated rings. The summed E-state index contributed by atoms with van der Waals surface area (Å²) in [6.07, 6.45) is 0. The van der Waals surface area contributed by atoms with E-state index in [-0.39, 0.29) is 0 Å². The van der Waals surface area contributed by atoms with Crippen LogP contribution in [0.15, 0.2) is 46.9 Å². The van der Waals surface area contributed by atoms with Gasteiger partial charge in [0.1, 0.15) is 0 Å². The minimum absolute atomic E-state index is 0.590. The van der Waals surface area contributed by atoms with Gasteiger partial charge in [0.05, 0.1) is 0 Å². The SMILES string of the molecule is Cc1cccc(NC(=S)Nc2ccc(Br)c(C)c2)c1. The van der Waals surface area contributed by atoms with Crippen LogP contribution in [0.2, 0.25) is 0 Å². The van der Waals surface area contributed by atoms with Crippen molar-refractivity contribution in [1.82, 2.24) is 0 Å². The van der Waals surface area contributed by atoms with E-state index in [2.05, 4.69) is 45.6 Å². The van der Waals surface area contributed by atoms with Gasteiger partial charge in [-0.25, -0.2) is 0 Å². The second-order valence-corrected chi connectivity index (χ2v) is 5.68. The number of thiocarbonyl (C=S) groups is 1. The number of aryl methyl sites for hydroxylation is 2. The average Bonchev–Trinajstić information content (AvgIpc) is 2.34. The van der Waals surface area contributed by atoms with E-state index in [1.54, 1.807) is 0 Å². The molecule has 0 unspecified atom stereocenters. The van der Waals surface area contributed by atoms with Crippen LogP contribution < -0.4 is 10.6 Å². The summed E-state index contributed by atoms with van der Waals surface area (Å²) >= 11 is 8.78. The van der Waals surface area contributed by atoms with Gasteiger partial charge >= 0.3 is 0 Å². The van der Waals surface area contributed by atoms with Gasteiger partial charge in [-0.15, -0.1) is 0 Å². The predicted octanol–water partition coefficient (Wildman–Crippen LogP) is 4.87. The molecule has 2 aromatic carbocycles. The highest BCUT2D eigenvalue weighted by Crippen LogP contribution is 2.20. The van der Waals surface area contributed by atoms with Crippen molar-refractivity contribution in [3.05, 3.63) is 58.1 Å². The summed E-state index contributed by atoms with van der Waals surface area (Å²) in [5, 5.41) is 6.94. The van der Waals surface area contributed by atoms with Crippen molar-refractivity contribution < 1.29 is 0 Å². The normalized spacial score (nSPS) is 10.1. The maximum Gasteiger partial charge on any atom is 0.175 e. The Labute approximate surface area is 127 Å². The molecule has 0 heterocycles. The van der Waals surface area contributed by atoms with Gasteiger partial charge in [-0.1, -0.05) is 28.1 Å². The fraction of sp³-hybridized carbons (Fsp3) is 0.133. The van der Waals surface area contributed by atoms with E-state index in [1.807, 2.05) is 37.3 Å². The first-order valence-corrected chi connectivity index (χ1v) is 7.15. The highest BCUT2D eigenvalue weighted by atomic mass is 79.9. The molecule has 0 spiro atoms. The van der Waals surface area contributed by atoms with Crippen molar-refractivity contribution in [3.63, 3.8) is 0 Å². The lowest BCUT2D eigenvalue weighted by Gasteiger charge is -2.12. The fourth-order valence-corrected chi connectivity index (χ4v) is 2.22. The number of halogens is 1. The molecule has 0 saturated heterocycles. The molecule has 2 aromatic rings.